The molecule has 17 heavy (non-hydrogen) atoms. The van der Waals surface area contributed by atoms with Crippen molar-refractivity contribution in [3.8, 4) is 5.88 Å². The molecule has 0 aliphatic carbocycles. The Bertz CT molecular complexity index is 425. The molecule has 0 fully saturated rings. The summed E-state index contributed by atoms with van der Waals surface area (Å²) in [4.78, 5) is 29.0. The van der Waals surface area contributed by atoms with E-state index in [2.05, 4.69) is 19.4 Å². The van der Waals surface area contributed by atoms with Crippen LogP contribution in [0, 0.1) is 0 Å². The first-order valence-electron chi connectivity index (χ1n) is 4.39. The van der Waals surface area contributed by atoms with Crippen LogP contribution in [0.5, 0.6) is 5.88 Å². The molecule has 1 rings (SSSR count). The van der Waals surface area contributed by atoms with Crippen molar-refractivity contribution in [1.29, 1.82) is 0 Å². The number of alkyl halides is 2. The third kappa shape index (κ3) is 3.16. The first-order chi connectivity index (χ1) is 8.10. The van der Waals surface area contributed by atoms with E-state index in [1.807, 2.05) is 0 Å². The molecule has 0 bridgehead atoms. The van der Waals surface area contributed by atoms with Crippen molar-refractivity contribution < 1.29 is 27.8 Å². The van der Waals surface area contributed by atoms with E-state index in [1.54, 1.807) is 0 Å². The molecule has 0 amide bonds. The Morgan fingerprint density at radius 2 is 2.24 bits per heavy atom. The average molecular weight is 246 g/mol. The van der Waals surface area contributed by atoms with Gasteiger partial charge in [-0.2, -0.15) is 0 Å². The third-order valence-corrected chi connectivity index (χ3v) is 1.69. The molecule has 8 heteroatoms. The first kappa shape index (κ1) is 12.9. The SMILES string of the molecule is COC(=O)c1c(C=O)ncnc1OCC(F)F. The quantitative estimate of drug-likeness (QED) is 0.562. The van der Waals surface area contributed by atoms with Gasteiger partial charge in [-0.3, -0.25) is 4.79 Å². The number of esters is 1. The summed E-state index contributed by atoms with van der Waals surface area (Å²) < 4.78 is 32.9. The molecular weight excluding hydrogens is 238 g/mol. The maximum absolute atomic E-state index is 12.0. The van der Waals surface area contributed by atoms with Gasteiger partial charge in [0.2, 0.25) is 5.88 Å². The van der Waals surface area contributed by atoms with Crippen molar-refractivity contribution in [3.63, 3.8) is 0 Å². The van der Waals surface area contributed by atoms with Gasteiger partial charge in [-0.05, 0) is 0 Å². The van der Waals surface area contributed by atoms with Gasteiger partial charge in [0.1, 0.15) is 12.0 Å². The Morgan fingerprint density at radius 1 is 1.53 bits per heavy atom. The number of rotatable bonds is 5. The highest BCUT2D eigenvalue weighted by atomic mass is 19.3. The summed E-state index contributed by atoms with van der Waals surface area (Å²) in [6, 6.07) is 0. The van der Waals surface area contributed by atoms with Crippen molar-refractivity contribution in [3.05, 3.63) is 17.6 Å². The molecule has 1 aromatic rings. The van der Waals surface area contributed by atoms with Gasteiger partial charge in [-0.1, -0.05) is 0 Å². The predicted molar refractivity (Wildman–Crippen MR) is 50.3 cm³/mol. The summed E-state index contributed by atoms with van der Waals surface area (Å²) >= 11 is 0. The van der Waals surface area contributed by atoms with Crippen molar-refractivity contribution in [2.75, 3.05) is 13.7 Å². The Balaban J connectivity index is 3.10. The fraction of sp³-hybridized carbons (Fsp3) is 0.333. The van der Waals surface area contributed by atoms with Crippen LogP contribution in [0.2, 0.25) is 0 Å². The van der Waals surface area contributed by atoms with E-state index in [0.29, 0.717) is 0 Å². The molecule has 0 saturated carbocycles. The highest BCUT2D eigenvalue weighted by Crippen LogP contribution is 2.18. The molecule has 0 N–H and O–H groups in total. The monoisotopic (exact) mass is 246 g/mol. The number of carbonyl (C=O) groups is 2. The lowest BCUT2D eigenvalue weighted by Crippen LogP contribution is -2.15. The number of aldehydes is 1. The minimum absolute atomic E-state index is 0.281. The van der Waals surface area contributed by atoms with E-state index in [0.717, 1.165) is 13.4 Å². The van der Waals surface area contributed by atoms with E-state index in [4.69, 9.17) is 0 Å². The number of hydrogen-bond acceptors (Lipinski definition) is 6. The van der Waals surface area contributed by atoms with E-state index < -0.39 is 24.9 Å². The van der Waals surface area contributed by atoms with E-state index >= 15 is 0 Å². The van der Waals surface area contributed by atoms with E-state index in [9.17, 15) is 18.4 Å². The van der Waals surface area contributed by atoms with Crippen molar-refractivity contribution in [1.82, 2.24) is 9.97 Å². The maximum atomic E-state index is 12.0. The molecule has 1 aromatic heterocycles. The van der Waals surface area contributed by atoms with Crippen molar-refractivity contribution in [2.45, 2.75) is 6.43 Å². The zero-order chi connectivity index (χ0) is 12.8. The third-order valence-electron chi connectivity index (χ3n) is 1.69. The van der Waals surface area contributed by atoms with Crippen LogP contribution in [0.15, 0.2) is 6.33 Å². The van der Waals surface area contributed by atoms with Gasteiger partial charge in [0.05, 0.1) is 7.11 Å². The Morgan fingerprint density at radius 3 is 2.76 bits per heavy atom. The average Bonchev–Trinajstić information content (AvgIpc) is 2.34. The number of hydrogen-bond donors (Lipinski definition) is 0. The van der Waals surface area contributed by atoms with Crippen LogP contribution in [-0.2, 0) is 4.74 Å². The molecule has 0 saturated heterocycles. The number of aromatic nitrogens is 2. The summed E-state index contributed by atoms with van der Waals surface area (Å²) in [7, 11) is 1.07. The number of carbonyl (C=O) groups excluding carboxylic acids is 2. The van der Waals surface area contributed by atoms with Crippen molar-refractivity contribution in [2.24, 2.45) is 0 Å². The lowest BCUT2D eigenvalue weighted by atomic mass is 10.2. The topological polar surface area (TPSA) is 78.4 Å². The second kappa shape index (κ2) is 5.83. The highest BCUT2D eigenvalue weighted by molar-refractivity contribution is 5.98. The molecule has 6 nitrogen and oxygen atoms in total. The van der Waals surface area contributed by atoms with Crippen LogP contribution in [0.1, 0.15) is 20.8 Å². The largest absolute Gasteiger partial charge is 0.471 e. The van der Waals surface area contributed by atoms with Crippen LogP contribution < -0.4 is 4.74 Å². The zero-order valence-corrected chi connectivity index (χ0v) is 8.72. The van der Waals surface area contributed by atoms with E-state index in [-0.39, 0.29) is 17.5 Å². The summed E-state index contributed by atoms with van der Waals surface area (Å²) in [5.41, 5.74) is -0.651. The summed E-state index contributed by atoms with van der Waals surface area (Å²) in [6.45, 7) is -0.945. The molecule has 0 aliphatic rings. The minimum atomic E-state index is -2.73. The Hall–Kier alpha value is -2.12. The molecule has 1 heterocycles. The number of halogens is 2. The van der Waals surface area contributed by atoms with Crippen molar-refractivity contribution >= 4 is 12.3 Å². The standard InChI is InChI=1S/C9H8F2N2O4/c1-16-9(15)7-5(2-14)12-4-13-8(7)17-3-6(10)11/h2,4,6H,3H2,1H3. The van der Waals surface area contributed by atoms with E-state index in [1.165, 1.54) is 0 Å². The van der Waals surface area contributed by atoms with Crippen LogP contribution in [0.4, 0.5) is 8.78 Å². The van der Waals surface area contributed by atoms with Gasteiger partial charge in [0.15, 0.2) is 18.5 Å². The molecular formula is C9H8F2N2O4. The van der Waals surface area contributed by atoms with Gasteiger partial charge < -0.3 is 9.47 Å². The fourth-order valence-electron chi connectivity index (χ4n) is 1.02. The Kier molecular flexibility index (Phi) is 4.44. The molecule has 92 valence electrons. The van der Waals surface area contributed by atoms with Gasteiger partial charge in [-0.25, -0.2) is 23.5 Å². The highest BCUT2D eigenvalue weighted by Gasteiger charge is 2.21. The molecule has 0 aromatic carbocycles. The summed E-state index contributed by atoms with van der Waals surface area (Å²) in [5, 5.41) is 0. The minimum Gasteiger partial charge on any atom is -0.471 e. The zero-order valence-electron chi connectivity index (χ0n) is 8.72. The van der Waals surface area contributed by atoms with Crippen LogP contribution in [0.25, 0.3) is 0 Å². The molecule has 0 unspecified atom stereocenters. The molecule has 0 spiro atoms. The van der Waals surface area contributed by atoms with Gasteiger partial charge in [0, 0.05) is 0 Å². The molecule has 0 aliphatic heterocycles. The summed E-state index contributed by atoms with van der Waals surface area (Å²) in [6.07, 6.45) is -1.52. The number of nitrogens with zero attached hydrogens (tertiary/aromatic N) is 2. The number of ether oxygens (including phenoxy) is 2. The second-order valence-electron chi connectivity index (χ2n) is 2.75. The van der Waals surface area contributed by atoms with Crippen LogP contribution in [-0.4, -0.2) is 42.4 Å². The Labute approximate surface area is 94.6 Å². The first-order valence-corrected chi connectivity index (χ1v) is 4.39. The molecule has 0 atom stereocenters. The lowest BCUT2D eigenvalue weighted by molar-refractivity contribution is 0.0569. The normalized spacial score (nSPS) is 10.1. The van der Waals surface area contributed by atoms with Gasteiger partial charge in [0.25, 0.3) is 6.43 Å². The molecule has 0 radical (unpaired) electrons. The second-order valence-corrected chi connectivity index (χ2v) is 2.75. The van der Waals surface area contributed by atoms with Crippen LogP contribution in [0.3, 0.4) is 0 Å². The lowest BCUT2D eigenvalue weighted by Gasteiger charge is -2.09. The van der Waals surface area contributed by atoms with Gasteiger partial charge >= 0.3 is 5.97 Å². The van der Waals surface area contributed by atoms with Crippen LogP contribution >= 0.6 is 0 Å². The summed E-state index contributed by atoms with van der Waals surface area (Å²) in [5.74, 6) is -1.34. The maximum Gasteiger partial charge on any atom is 0.345 e. The smallest absolute Gasteiger partial charge is 0.345 e. The fourth-order valence-corrected chi connectivity index (χ4v) is 1.02. The van der Waals surface area contributed by atoms with Gasteiger partial charge in [-0.15, -0.1) is 0 Å². The predicted octanol–water partition coefficient (Wildman–Crippen LogP) is 0.720. The number of methoxy groups -OCH3 is 1.